The van der Waals surface area contributed by atoms with Crippen LogP contribution in [-0.2, 0) is 15.9 Å². The number of thiazole rings is 1. The van der Waals surface area contributed by atoms with Gasteiger partial charge >= 0.3 is 0 Å². The van der Waals surface area contributed by atoms with Crippen molar-refractivity contribution in [2.45, 2.75) is 19.4 Å². The molecule has 6 heterocycles. The van der Waals surface area contributed by atoms with Gasteiger partial charge in [0.15, 0.2) is 0 Å². The molecular formula is C22H21FN6O2S. The number of imidazole rings is 1. The van der Waals surface area contributed by atoms with Crippen molar-refractivity contribution in [1.82, 2.24) is 24.3 Å². The fourth-order valence-corrected chi connectivity index (χ4v) is 5.16. The topological polar surface area (TPSA) is 77.7 Å². The second-order valence-corrected chi connectivity index (χ2v) is 8.77. The highest BCUT2D eigenvalue weighted by molar-refractivity contribution is 7.09. The molecule has 4 aromatic heterocycles. The van der Waals surface area contributed by atoms with Crippen LogP contribution in [0.1, 0.15) is 28.1 Å². The lowest BCUT2D eigenvalue weighted by Crippen LogP contribution is -2.37. The van der Waals surface area contributed by atoms with Gasteiger partial charge in [-0.15, -0.1) is 11.3 Å². The van der Waals surface area contributed by atoms with Crippen molar-refractivity contribution in [2.75, 3.05) is 37.8 Å². The number of hydrogen-bond acceptors (Lipinski definition) is 8. The monoisotopic (exact) mass is 452 g/mol. The number of nitrogens with zero attached hydrogens (tertiary/aromatic N) is 6. The highest BCUT2D eigenvalue weighted by Gasteiger charge is 2.30. The van der Waals surface area contributed by atoms with Gasteiger partial charge in [0.25, 0.3) is 0 Å². The van der Waals surface area contributed by atoms with E-state index in [4.69, 9.17) is 14.5 Å². The molecule has 1 unspecified atom stereocenters. The van der Waals surface area contributed by atoms with Crippen LogP contribution < -0.4 is 4.90 Å². The first-order chi connectivity index (χ1) is 15.7. The number of aryl methyl sites for hydroxylation is 1. The zero-order valence-electron chi connectivity index (χ0n) is 17.5. The van der Waals surface area contributed by atoms with Crippen molar-refractivity contribution < 1.29 is 13.9 Å². The summed E-state index contributed by atoms with van der Waals surface area (Å²) in [7, 11) is 0. The van der Waals surface area contributed by atoms with Crippen molar-refractivity contribution >= 4 is 22.9 Å². The maximum atomic E-state index is 15.1. The second kappa shape index (κ2) is 7.88. The number of ether oxygens (including phenoxy) is 2. The lowest BCUT2D eigenvalue weighted by molar-refractivity contribution is 0.0672. The summed E-state index contributed by atoms with van der Waals surface area (Å²) in [5.74, 6) is 0.279. The molecule has 1 atom stereocenters. The van der Waals surface area contributed by atoms with Gasteiger partial charge in [0.2, 0.25) is 5.95 Å². The Hall–Kier alpha value is -2.95. The Morgan fingerprint density at radius 1 is 1.12 bits per heavy atom. The van der Waals surface area contributed by atoms with E-state index < -0.39 is 0 Å². The van der Waals surface area contributed by atoms with Gasteiger partial charge < -0.3 is 14.4 Å². The number of aromatic nitrogens is 5. The van der Waals surface area contributed by atoms with E-state index in [9.17, 15) is 0 Å². The van der Waals surface area contributed by atoms with Gasteiger partial charge in [-0.3, -0.25) is 4.40 Å². The van der Waals surface area contributed by atoms with Crippen molar-refractivity contribution in [1.29, 1.82) is 0 Å². The van der Waals surface area contributed by atoms with Crippen LogP contribution >= 0.6 is 11.3 Å². The summed E-state index contributed by atoms with van der Waals surface area (Å²) >= 11 is 1.57. The summed E-state index contributed by atoms with van der Waals surface area (Å²) in [5, 5.41) is 0. The first-order valence-electron chi connectivity index (χ1n) is 10.6. The number of halogens is 1. The number of pyridine rings is 1. The zero-order chi connectivity index (χ0) is 21.7. The maximum absolute atomic E-state index is 15.1. The molecule has 2 aliphatic heterocycles. The minimum absolute atomic E-state index is 0.264. The van der Waals surface area contributed by atoms with Crippen LogP contribution in [0.3, 0.4) is 0 Å². The first kappa shape index (κ1) is 19.7. The van der Waals surface area contributed by atoms with Crippen molar-refractivity contribution in [3.05, 3.63) is 57.9 Å². The van der Waals surface area contributed by atoms with E-state index in [0.717, 1.165) is 35.0 Å². The average molecular weight is 453 g/mol. The highest BCUT2D eigenvalue weighted by atomic mass is 32.1. The first-order valence-corrected chi connectivity index (χ1v) is 11.4. The van der Waals surface area contributed by atoms with Gasteiger partial charge in [-0.05, 0) is 6.92 Å². The van der Waals surface area contributed by atoms with Gasteiger partial charge in [0.1, 0.15) is 17.6 Å². The second-order valence-electron chi connectivity index (χ2n) is 7.88. The minimum Gasteiger partial charge on any atom is -0.378 e. The predicted octanol–water partition coefficient (Wildman–Crippen LogP) is 3.19. The Morgan fingerprint density at radius 2 is 1.94 bits per heavy atom. The Bertz CT molecular complexity index is 1280. The molecule has 0 bridgehead atoms. The summed E-state index contributed by atoms with van der Waals surface area (Å²) < 4.78 is 28.5. The van der Waals surface area contributed by atoms with Crippen LogP contribution in [0.5, 0.6) is 0 Å². The van der Waals surface area contributed by atoms with E-state index in [-0.39, 0.29) is 11.9 Å². The molecule has 0 spiro atoms. The van der Waals surface area contributed by atoms with Crippen molar-refractivity contribution in [3.8, 4) is 11.1 Å². The normalized spacial score (nSPS) is 18.8. The van der Waals surface area contributed by atoms with Crippen LogP contribution in [0.4, 0.5) is 10.3 Å². The number of morpholine rings is 1. The molecular weight excluding hydrogens is 431 g/mol. The van der Waals surface area contributed by atoms with Crippen molar-refractivity contribution in [3.63, 3.8) is 0 Å². The maximum Gasteiger partial charge on any atom is 0.225 e. The molecule has 10 heteroatoms. The lowest BCUT2D eigenvalue weighted by Gasteiger charge is -2.26. The van der Waals surface area contributed by atoms with E-state index in [2.05, 4.69) is 19.9 Å². The predicted molar refractivity (Wildman–Crippen MR) is 118 cm³/mol. The van der Waals surface area contributed by atoms with E-state index in [1.165, 1.54) is 6.07 Å². The van der Waals surface area contributed by atoms with Gasteiger partial charge in [-0.2, -0.15) is 0 Å². The summed E-state index contributed by atoms with van der Waals surface area (Å²) in [4.78, 5) is 21.1. The van der Waals surface area contributed by atoms with Gasteiger partial charge in [0, 0.05) is 55.3 Å². The molecule has 0 N–H and O–H groups in total. The molecule has 1 saturated heterocycles. The molecule has 32 heavy (non-hydrogen) atoms. The van der Waals surface area contributed by atoms with E-state index in [1.54, 1.807) is 29.9 Å². The molecule has 6 rings (SSSR count). The van der Waals surface area contributed by atoms with Gasteiger partial charge in [0.05, 0.1) is 47.3 Å². The SMILES string of the molecule is Cc1ncsc1C1OCCc2nc3cc(F)c(-c4cnc(N5CCOCC5)nc4)cn3c21. The third-order valence-electron chi connectivity index (χ3n) is 5.96. The van der Waals surface area contributed by atoms with Crippen LogP contribution in [0.25, 0.3) is 16.8 Å². The number of fused-ring (bicyclic) bond motifs is 3. The fourth-order valence-electron chi connectivity index (χ4n) is 4.31. The number of hydrogen-bond donors (Lipinski definition) is 0. The van der Waals surface area contributed by atoms with E-state index >= 15 is 4.39 Å². The smallest absolute Gasteiger partial charge is 0.225 e. The third kappa shape index (κ3) is 3.26. The largest absolute Gasteiger partial charge is 0.378 e. The van der Waals surface area contributed by atoms with E-state index in [0.29, 0.717) is 49.0 Å². The molecule has 4 aromatic rings. The Balaban J connectivity index is 1.42. The minimum atomic E-state index is -0.353. The molecule has 2 aliphatic rings. The molecule has 0 aromatic carbocycles. The molecule has 0 amide bonds. The molecule has 8 nitrogen and oxygen atoms in total. The Labute approximate surface area is 187 Å². The van der Waals surface area contributed by atoms with E-state index in [1.807, 2.05) is 16.8 Å². The Morgan fingerprint density at radius 3 is 2.69 bits per heavy atom. The summed E-state index contributed by atoms with van der Waals surface area (Å²) in [6.45, 7) is 5.36. The standard InChI is InChI=1S/C22H21FN6O2S/c1-13-21(32-12-26-13)20-19-17(2-5-31-20)27-18-8-16(23)15(11-29(18)19)14-9-24-22(25-10-14)28-3-6-30-7-4-28/h8-12,20H,2-7H2,1H3. The fraction of sp³-hybridized carbons (Fsp3) is 0.364. The highest BCUT2D eigenvalue weighted by Crippen LogP contribution is 2.37. The molecule has 0 aliphatic carbocycles. The Kier molecular flexibility index (Phi) is 4.85. The van der Waals surface area contributed by atoms with Gasteiger partial charge in [-0.1, -0.05) is 0 Å². The van der Waals surface area contributed by atoms with Crippen LogP contribution in [0, 0.1) is 12.7 Å². The quantitative estimate of drug-likeness (QED) is 0.472. The van der Waals surface area contributed by atoms with Crippen LogP contribution in [-0.4, -0.2) is 57.2 Å². The van der Waals surface area contributed by atoms with Crippen LogP contribution in [0.15, 0.2) is 30.2 Å². The molecule has 0 saturated carbocycles. The van der Waals surface area contributed by atoms with Gasteiger partial charge in [-0.25, -0.2) is 24.3 Å². The molecule has 1 fully saturated rings. The molecule has 164 valence electrons. The summed E-state index contributed by atoms with van der Waals surface area (Å²) in [6, 6.07) is 1.47. The number of rotatable bonds is 3. The average Bonchev–Trinajstić information content (AvgIpc) is 3.42. The summed E-state index contributed by atoms with van der Waals surface area (Å²) in [5.41, 5.74) is 6.25. The summed E-state index contributed by atoms with van der Waals surface area (Å²) in [6.07, 6.45) is 5.56. The third-order valence-corrected chi connectivity index (χ3v) is 6.93. The number of anilines is 1. The zero-order valence-corrected chi connectivity index (χ0v) is 18.3. The van der Waals surface area contributed by atoms with Crippen molar-refractivity contribution in [2.24, 2.45) is 0 Å². The van der Waals surface area contributed by atoms with Crippen LogP contribution in [0.2, 0.25) is 0 Å². The molecule has 0 radical (unpaired) electrons. The lowest BCUT2D eigenvalue weighted by atomic mass is 10.1.